The van der Waals surface area contributed by atoms with Crippen LogP contribution in [0, 0.1) is 5.41 Å². The second kappa shape index (κ2) is 5.37. The Morgan fingerprint density at radius 2 is 2.18 bits per heavy atom. The maximum atomic E-state index is 12.2. The van der Waals surface area contributed by atoms with Gasteiger partial charge in [0.2, 0.25) is 0 Å². The lowest BCUT2D eigenvalue weighted by molar-refractivity contribution is 0.0943. The monoisotopic (exact) mass is 317 g/mol. The SMILES string of the molecule is CC(C)(C)CNC(=O)c1cn2c(nc3ccc(CO)cc32)s1. The molecule has 3 aromatic rings. The van der Waals surface area contributed by atoms with Gasteiger partial charge in [0.25, 0.3) is 5.91 Å². The predicted octanol–water partition coefficient (Wildman–Crippen LogP) is 2.82. The predicted molar refractivity (Wildman–Crippen MR) is 88.3 cm³/mol. The molecule has 1 amide bonds. The van der Waals surface area contributed by atoms with E-state index in [1.807, 2.05) is 28.8 Å². The summed E-state index contributed by atoms with van der Waals surface area (Å²) < 4.78 is 1.91. The number of rotatable bonds is 3. The summed E-state index contributed by atoms with van der Waals surface area (Å²) in [5, 5.41) is 12.2. The Balaban J connectivity index is 1.94. The molecule has 0 fully saturated rings. The molecule has 0 spiro atoms. The number of thiazole rings is 1. The molecule has 0 saturated carbocycles. The largest absolute Gasteiger partial charge is 0.392 e. The highest BCUT2D eigenvalue weighted by Gasteiger charge is 2.17. The Kier molecular flexibility index (Phi) is 3.66. The van der Waals surface area contributed by atoms with Crippen LogP contribution in [-0.4, -0.2) is 26.9 Å². The molecular weight excluding hydrogens is 298 g/mol. The number of amides is 1. The van der Waals surface area contributed by atoms with Gasteiger partial charge in [-0.05, 0) is 23.1 Å². The number of aliphatic hydroxyl groups is 1. The van der Waals surface area contributed by atoms with Crippen molar-refractivity contribution in [1.29, 1.82) is 0 Å². The van der Waals surface area contributed by atoms with Gasteiger partial charge in [0.05, 0.1) is 17.6 Å². The van der Waals surface area contributed by atoms with Gasteiger partial charge in [0.1, 0.15) is 4.88 Å². The van der Waals surface area contributed by atoms with Crippen molar-refractivity contribution in [2.24, 2.45) is 5.41 Å². The normalized spacial score (nSPS) is 12.2. The zero-order valence-corrected chi connectivity index (χ0v) is 13.7. The molecule has 1 aromatic carbocycles. The van der Waals surface area contributed by atoms with E-state index in [1.165, 1.54) is 11.3 Å². The van der Waals surface area contributed by atoms with Crippen LogP contribution < -0.4 is 5.32 Å². The van der Waals surface area contributed by atoms with E-state index in [9.17, 15) is 9.90 Å². The second-order valence-corrected chi connectivity index (χ2v) is 7.59. The highest BCUT2D eigenvalue weighted by atomic mass is 32.1. The second-order valence-electron chi connectivity index (χ2n) is 6.58. The van der Waals surface area contributed by atoms with Crippen LogP contribution in [0.2, 0.25) is 0 Å². The summed E-state index contributed by atoms with van der Waals surface area (Å²) >= 11 is 1.37. The van der Waals surface area contributed by atoms with Crippen LogP contribution in [0.3, 0.4) is 0 Å². The summed E-state index contributed by atoms with van der Waals surface area (Å²) in [6.45, 7) is 6.86. The minimum Gasteiger partial charge on any atom is -0.392 e. The van der Waals surface area contributed by atoms with Gasteiger partial charge in [-0.25, -0.2) is 4.98 Å². The fourth-order valence-corrected chi connectivity index (χ4v) is 3.10. The average Bonchev–Trinajstić information content (AvgIpc) is 3.01. The van der Waals surface area contributed by atoms with Gasteiger partial charge < -0.3 is 10.4 Å². The summed E-state index contributed by atoms with van der Waals surface area (Å²) in [4.78, 5) is 18.2. The Labute approximate surface area is 132 Å². The van der Waals surface area contributed by atoms with E-state index >= 15 is 0 Å². The lowest BCUT2D eigenvalue weighted by atomic mass is 9.97. The molecule has 22 heavy (non-hydrogen) atoms. The van der Waals surface area contributed by atoms with Gasteiger partial charge >= 0.3 is 0 Å². The maximum absolute atomic E-state index is 12.2. The number of hydrogen-bond acceptors (Lipinski definition) is 4. The Morgan fingerprint density at radius 3 is 2.86 bits per heavy atom. The van der Waals surface area contributed by atoms with Crippen molar-refractivity contribution in [3.63, 3.8) is 0 Å². The highest BCUT2D eigenvalue weighted by Crippen LogP contribution is 2.25. The summed E-state index contributed by atoms with van der Waals surface area (Å²) in [6.07, 6.45) is 1.81. The van der Waals surface area contributed by atoms with Crippen LogP contribution >= 0.6 is 11.3 Å². The first-order valence-corrected chi connectivity index (χ1v) is 7.99. The summed E-state index contributed by atoms with van der Waals surface area (Å²) in [7, 11) is 0. The fourth-order valence-electron chi connectivity index (χ4n) is 2.19. The molecule has 0 atom stereocenters. The van der Waals surface area contributed by atoms with Gasteiger partial charge in [0.15, 0.2) is 4.96 Å². The molecule has 0 aliphatic rings. The summed E-state index contributed by atoms with van der Waals surface area (Å²) in [5.74, 6) is -0.0723. The van der Waals surface area contributed by atoms with E-state index in [0.29, 0.717) is 11.4 Å². The number of carbonyl (C=O) groups is 1. The summed E-state index contributed by atoms with van der Waals surface area (Å²) in [6, 6.07) is 5.65. The third kappa shape index (κ3) is 2.84. The van der Waals surface area contributed by atoms with Crippen molar-refractivity contribution in [3.8, 4) is 0 Å². The molecule has 2 N–H and O–H groups in total. The lowest BCUT2D eigenvalue weighted by Gasteiger charge is -2.18. The van der Waals surface area contributed by atoms with Crippen LogP contribution in [0.15, 0.2) is 24.4 Å². The van der Waals surface area contributed by atoms with Crippen LogP contribution in [0.1, 0.15) is 36.0 Å². The first-order valence-electron chi connectivity index (χ1n) is 7.17. The Bertz CT molecular complexity index is 842. The lowest BCUT2D eigenvalue weighted by Crippen LogP contribution is -2.31. The first kappa shape index (κ1) is 15.0. The molecule has 6 heteroatoms. The number of aliphatic hydroxyl groups excluding tert-OH is 1. The number of hydrogen-bond donors (Lipinski definition) is 2. The molecule has 3 rings (SSSR count). The number of imidazole rings is 1. The molecular formula is C16H19N3O2S. The first-order chi connectivity index (χ1) is 10.4. The quantitative estimate of drug-likeness (QED) is 0.780. The molecule has 116 valence electrons. The fraction of sp³-hybridized carbons (Fsp3) is 0.375. The van der Waals surface area contributed by atoms with Gasteiger partial charge in [0, 0.05) is 12.7 Å². The van der Waals surface area contributed by atoms with Crippen molar-refractivity contribution in [2.45, 2.75) is 27.4 Å². The third-order valence-electron chi connectivity index (χ3n) is 3.35. The van der Waals surface area contributed by atoms with E-state index in [-0.39, 0.29) is 17.9 Å². The number of aromatic nitrogens is 2. The van der Waals surface area contributed by atoms with Crippen molar-refractivity contribution >= 4 is 33.2 Å². The van der Waals surface area contributed by atoms with Gasteiger partial charge in [-0.1, -0.05) is 38.2 Å². The van der Waals surface area contributed by atoms with Crippen molar-refractivity contribution in [3.05, 3.63) is 34.8 Å². The summed E-state index contributed by atoms with van der Waals surface area (Å²) in [5.41, 5.74) is 2.66. The van der Waals surface area contributed by atoms with E-state index in [0.717, 1.165) is 21.6 Å². The van der Waals surface area contributed by atoms with Crippen LogP contribution in [-0.2, 0) is 6.61 Å². The molecule has 0 unspecified atom stereocenters. The molecule has 0 saturated heterocycles. The minimum atomic E-state index is -0.0723. The van der Waals surface area contributed by atoms with Crippen LogP contribution in [0.25, 0.3) is 16.0 Å². The average molecular weight is 317 g/mol. The van der Waals surface area contributed by atoms with Crippen LogP contribution in [0.4, 0.5) is 0 Å². The van der Waals surface area contributed by atoms with Crippen molar-refractivity contribution < 1.29 is 9.90 Å². The molecule has 5 nitrogen and oxygen atoms in total. The van der Waals surface area contributed by atoms with E-state index in [4.69, 9.17) is 0 Å². The number of benzene rings is 1. The number of fused-ring (bicyclic) bond motifs is 3. The molecule has 0 aliphatic carbocycles. The number of nitrogens with zero attached hydrogens (tertiary/aromatic N) is 2. The zero-order valence-electron chi connectivity index (χ0n) is 12.9. The van der Waals surface area contributed by atoms with E-state index < -0.39 is 0 Å². The number of nitrogens with one attached hydrogen (secondary N) is 1. The standard InChI is InChI=1S/C16H19N3O2S/c1-16(2,3)9-17-14(21)13-7-19-12-6-10(8-20)4-5-11(12)18-15(19)22-13/h4-7,20H,8-9H2,1-3H3,(H,17,21). The van der Waals surface area contributed by atoms with Gasteiger partial charge in [-0.15, -0.1) is 0 Å². The minimum absolute atomic E-state index is 0.00770. The molecule has 0 radical (unpaired) electrons. The number of carbonyl (C=O) groups excluding carboxylic acids is 1. The van der Waals surface area contributed by atoms with Crippen LogP contribution in [0.5, 0.6) is 0 Å². The molecule has 2 heterocycles. The van der Waals surface area contributed by atoms with E-state index in [2.05, 4.69) is 31.1 Å². The molecule has 0 aliphatic heterocycles. The van der Waals surface area contributed by atoms with E-state index in [1.54, 1.807) is 0 Å². The van der Waals surface area contributed by atoms with Gasteiger partial charge in [-0.3, -0.25) is 9.20 Å². The topological polar surface area (TPSA) is 66.6 Å². The smallest absolute Gasteiger partial charge is 0.263 e. The Hall–Kier alpha value is -1.92. The van der Waals surface area contributed by atoms with Crippen molar-refractivity contribution in [2.75, 3.05) is 6.54 Å². The molecule has 2 aromatic heterocycles. The molecule has 0 bridgehead atoms. The Morgan fingerprint density at radius 1 is 1.41 bits per heavy atom. The van der Waals surface area contributed by atoms with Crippen molar-refractivity contribution in [1.82, 2.24) is 14.7 Å². The third-order valence-corrected chi connectivity index (χ3v) is 4.34. The highest BCUT2D eigenvalue weighted by molar-refractivity contribution is 7.18. The van der Waals surface area contributed by atoms with Gasteiger partial charge in [-0.2, -0.15) is 0 Å². The zero-order chi connectivity index (χ0) is 15.9. The maximum Gasteiger partial charge on any atom is 0.263 e.